The highest BCUT2D eigenvalue weighted by atomic mass is 79.9. The van der Waals surface area contributed by atoms with Gasteiger partial charge in [-0.15, -0.1) is 12.4 Å². The zero-order chi connectivity index (χ0) is 11.1. The molecule has 0 spiro atoms. The average Bonchev–Trinajstić information content (AvgIpc) is 2.25. The highest BCUT2D eigenvalue weighted by Gasteiger charge is 2.03. The van der Waals surface area contributed by atoms with Crippen LogP contribution >= 0.6 is 28.3 Å². The van der Waals surface area contributed by atoms with Gasteiger partial charge in [-0.05, 0) is 31.2 Å². The summed E-state index contributed by atoms with van der Waals surface area (Å²) < 4.78 is 6.77. The molecule has 0 saturated carbocycles. The fraction of sp³-hybridized carbons (Fsp3) is 0.500. The molecule has 0 aliphatic rings. The van der Waals surface area contributed by atoms with Crippen LogP contribution in [0.3, 0.4) is 0 Å². The molecule has 0 saturated heterocycles. The Labute approximate surface area is 112 Å². The molecule has 0 heterocycles. The first-order valence-corrected chi connectivity index (χ1v) is 6.19. The van der Waals surface area contributed by atoms with Gasteiger partial charge in [0.2, 0.25) is 0 Å². The molecular weight excluding hydrogens is 289 g/mol. The lowest BCUT2D eigenvalue weighted by Gasteiger charge is -2.11. The second-order valence-corrected chi connectivity index (χ2v) is 4.30. The summed E-state index contributed by atoms with van der Waals surface area (Å²) in [4.78, 5) is 0. The standard InChI is InChI=1S/C12H18BrNO.ClH/c1-3-7-15-12-6-5-11(13)8-10(12)9-14-4-2;/h5-6,8,14H,3-4,7,9H2,1-2H3;1H. The SMILES string of the molecule is CCCOc1ccc(Br)cc1CNCC.Cl. The van der Waals surface area contributed by atoms with Crippen LogP contribution in [0.25, 0.3) is 0 Å². The van der Waals surface area contributed by atoms with Crippen LogP contribution in [0.15, 0.2) is 22.7 Å². The fourth-order valence-electron chi connectivity index (χ4n) is 1.30. The summed E-state index contributed by atoms with van der Waals surface area (Å²) in [5.41, 5.74) is 1.21. The van der Waals surface area contributed by atoms with Gasteiger partial charge in [0.05, 0.1) is 6.61 Å². The summed E-state index contributed by atoms with van der Waals surface area (Å²) in [7, 11) is 0. The summed E-state index contributed by atoms with van der Waals surface area (Å²) in [6.07, 6.45) is 1.04. The van der Waals surface area contributed by atoms with Crippen LogP contribution in [0.2, 0.25) is 0 Å². The van der Waals surface area contributed by atoms with E-state index in [0.29, 0.717) is 0 Å². The molecule has 0 fully saturated rings. The lowest BCUT2D eigenvalue weighted by atomic mass is 10.2. The summed E-state index contributed by atoms with van der Waals surface area (Å²) in [6, 6.07) is 6.14. The molecule has 16 heavy (non-hydrogen) atoms. The first-order chi connectivity index (χ1) is 7.27. The Morgan fingerprint density at radius 1 is 1.31 bits per heavy atom. The van der Waals surface area contributed by atoms with E-state index in [0.717, 1.165) is 36.3 Å². The molecule has 1 N–H and O–H groups in total. The van der Waals surface area contributed by atoms with Crippen molar-refractivity contribution in [2.75, 3.05) is 13.2 Å². The number of benzene rings is 1. The molecule has 0 unspecified atom stereocenters. The molecule has 92 valence electrons. The molecule has 0 radical (unpaired) electrons. The number of hydrogen-bond acceptors (Lipinski definition) is 2. The lowest BCUT2D eigenvalue weighted by Crippen LogP contribution is -2.13. The van der Waals surface area contributed by atoms with Gasteiger partial charge >= 0.3 is 0 Å². The molecular formula is C12H19BrClNO. The Kier molecular flexibility index (Phi) is 8.71. The third-order valence-electron chi connectivity index (χ3n) is 2.05. The van der Waals surface area contributed by atoms with Gasteiger partial charge in [0, 0.05) is 16.6 Å². The van der Waals surface area contributed by atoms with Gasteiger partial charge in [-0.1, -0.05) is 29.8 Å². The van der Waals surface area contributed by atoms with Crippen molar-refractivity contribution in [2.24, 2.45) is 0 Å². The van der Waals surface area contributed by atoms with Crippen LogP contribution in [0.4, 0.5) is 0 Å². The van der Waals surface area contributed by atoms with E-state index in [4.69, 9.17) is 4.74 Å². The van der Waals surface area contributed by atoms with Crippen LogP contribution in [-0.2, 0) is 6.54 Å². The van der Waals surface area contributed by atoms with Gasteiger partial charge in [0.1, 0.15) is 5.75 Å². The van der Waals surface area contributed by atoms with E-state index >= 15 is 0 Å². The van der Waals surface area contributed by atoms with E-state index < -0.39 is 0 Å². The molecule has 0 amide bonds. The zero-order valence-corrected chi connectivity index (χ0v) is 12.2. The average molecular weight is 309 g/mol. The second kappa shape index (κ2) is 8.85. The van der Waals surface area contributed by atoms with Crippen LogP contribution in [-0.4, -0.2) is 13.2 Å². The Bertz CT molecular complexity index is 307. The maximum absolute atomic E-state index is 5.68. The quantitative estimate of drug-likeness (QED) is 0.864. The molecule has 2 nitrogen and oxygen atoms in total. The van der Waals surface area contributed by atoms with Gasteiger partial charge < -0.3 is 10.1 Å². The molecule has 0 bridgehead atoms. The molecule has 0 atom stereocenters. The van der Waals surface area contributed by atoms with Crippen molar-refractivity contribution in [2.45, 2.75) is 26.8 Å². The molecule has 1 aromatic carbocycles. The number of nitrogens with one attached hydrogen (secondary N) is 1. The molecule has 0 aliphatic carbocycles. The van der Waals surface area contributed by atoms with E-state index in [2.05, 4.69) is 41.2 Å². The highest BCUT2D eigenvalue weighted by molar-refractivity contribution is 9.10. The molecule has 1 rings (SSSR count). The fourth-order valence-corrected chi connectivity index (χ4v) is 1.71. The Balaban J connectivity index is 0.00000225. The minimum atomic E-state index is 0. The molecule has 1 aromatic rings. The van der Waals surface area contributed by atoms with Crippen molar-refractivity contribution in [3.05, 3.63) is 28.2 Å². The largest absolute Gasteiger partial charge is 0.493 e. The molecule has 4 heteroatoms. The van der Waals surface area contributed by atoms with Crippen LogP contribution < -0.4 is 10.1 Å². The summed E-state index contributed by atoms with van der Waals surface area (Å²) >= 11 is 3.47. The third-order valence-corrected chi connectivity index (χ3v) is 2.54. The van der Waals surface area contributed by atoms with Crippen molar-refractivity contribution < 1.29 is 4.74 Å². The van der Waals surface area contributed by atoms with E-state index in [1.165, 1.54) is 5.56 Å². The Hall–Kier alpha value is -0.250. The summed E-state index contributed by atoms with van der Waals surface area (Å²) in [5.74, 6) is 0.987. The third kappa shape index (κ3) is 5.19. The van der Waals surface area contributed by atoms with E-state index in [1.807, 2.05) is 12.1 Å². The zero-order valence-electron chi connectivity index (χ0n) is 9.75. The molecule has 0 aromatic heterocycles. The Morgan fingerprint density at radius 3 is 2.69 bits per heavy atom. The predicted molar refractivity (Wildman–Crippen MR) is 74.6 cm³/mol. The van der Waals surface area contributed by atoms with Crippen molar-refractivity contribution >= 4 is 28.3 Å². The topological polar surface area (TPSA) is 21.3 Å². The van der Waals surface area contributed by atoms with E-state index in [9.17, 15) is 0 Å². The van der Waals surface area contributed by atoms with Gasteiger partial charge in [0.15, 0.2) is 0 Å². The van der Waals surface area contributed by atoms with Crippen molar-refractivity contribution in [1.82, 2.24) is 5.32 Å². The predicted octanol–water partition coefficient (Wildman–Crippen LogP) is 3.77. The van der Waals surface area contributed by atoms with Gasteiger partial charge in [0.25, 0.3) is 0 Å². The number of halogens is 2. The van der Waals surface area contributed by atoms with Gasteiger partial charge in [-0.25, -0.2) is 0 Å². The van der Waals surface area contributed by atoms with Crippen molar-refractivity contribution in [1.29, 1.82) is 0 Å². The summed E-state index contributed by atoms with van der Waals surface area (Å²) in [5, 5.41) is 3.31. The van der Waals surface area contributed by atoms with E-state index in [1.54, 1.807) is 0 Å². The lowest BCUT2D eigenvalue weighted by molar-refractivity contribution is 0.313. The van der Waals surface area contributed by atoms with Crippen molar-refractivity contribution in [3.8, 4) is 5.75 Å². The maximum Gasteiger partial charge on any atom is 0.123 e. The monoisotopic (exact) mass is 307 g/mol. The van der Waals surface area contributed by atoms with Gasteiger partial charge in [-0.3, -0.25) is 0 Å². The first-order valence-electron chi connectivity index (χ1n) is 5.39. The minimum Gasteiger partial charge on any atom is -0.493 e. The second-order valence-electron chi connectivity index (χ2n) is 3.38. The Morgan fingerprint density at radius 2 is 2.06 bits per heavy atom. The number of hydrogen-bond donors (Lipinski definition) is 1. The smallest absolute Gasteiger partial charge is 0.123 e. The van der Waals surface area contributed by atoms with Crippen LogP contribution in [0.1, 0.15) is 25.8 Å². The first kappa shape index (κ1) is 15.8. The van der Waals surface area contributed by atoms with Gasteiger partial charge in [-0.2, -0.15) is 0 Å². The van der Waals surface area contributed by atoms with E-state index in [-0.39, 0.29) is 12.4 Å². The normalized spacial score (nSPS) is 9.69. The van der Waals surface area contributed by atoms with Crippen LogP contribution in [0, 0.1) is 0 Å². The maximum atomic E-state index is 5.68. The van der Waals surface area contributed by atoms with Crippen molar-refractivity contribution in [3.63, 3.8) is 0 Å². The number of ether oxygens (including phenoxy) is 1. The molecule has 0 aliphatic heterocycles. The summed E-state index contributed by atoms with van der Waals surface area (Å²) in [6.45, 7) is 6.82. The van der Waals surface area contributed by atoms with Crippen LogP contribution in [0.5, 0.6) is 5.75 Å². The number of rotatable bonds is 6. The minimum absolute atomic E-state index is 0. The highest BCUT2D eigenvalue weighted by Crippen LogP contribution is 2.23.